The molecule has 0 saturated carbocycles. The minimum Gasteiger partial charge on any atom is -0.478 e. The van der Waals surface area contributed by atoms with E-state index in [0.717, 1.165) is 12.1 Å². The van der Waals surface area contributed by atoms with E-state index in [1.165, 1.54) is 0 Å². The first-order valence-electron chi connectivity index (χ1n) is 5.43. The third-order valence-corrected chi connectivity index (χ3v) is 4.19. The summed E-state index contributed by atoms with van der Waals surface area (Å²) in [6, 6.07) is 1.69. The number of benzene rings is 1. The third-order valence-electron chi connectivity index (χ3n) is 2.30. The largest absolute Gasteiger partial charge is 0.478 e. The Morgan fingerprint density at radius 2 is 2.00 bits per heavy atom. The summed E-state index contributed by atoms with van der Waals surface area (Å²) in [6.07, 6.45) is 0. The smallest absolute Gasteiger partial charge is 0.338 e. The molecule has 9 heteroatoms. The van der Waals surface area contributed by atoms with E-state index in [2.05, 4.69) is 0 Å². The summed E-state index contributed by atoms with van der Waals surface area (Å²) in [5.41, 5.74) is -0.813. The maximum absolute atomic E-state index is 13.9. The van der Waals surface area contributed by atoms with E-state index in [9.17, 15) is 17.6 Å². The second-order valence-corrected chi connectivity index (χ2v) is 6.24. The first kappa shape index (κ1) is 16.8. The summed E-state index contributed by atoms with van der Waals surface area (Å²) >= 11 is 5.60. The van der Waals surface area contributed by atoms with E-state index < -0.39 is 37.8 Å². The van der Waals surface area contributed by atoms with E-state index in [1.54, 1.807) is 0 Å². The monoisotopic (exact) mass is 326 g/mol. The van der Waals surface area contributed by atoms with Gasteiger partial charge in [-0.05, 0) is 12.1 Å². The molecule has 0 amide bonds. The molecule has 0 unspecified atom stereocenters. The van der Waals surface area contributed by atoms with E-state index in [4.69, 9.17) is 26.6 Å². The molecule has 1 aromatic rings. The van der Waals surface area contributed by atoms with Crippen LogP contribution in [-0.4, -0.2) is 50.2 Å². The van der Waals surface area contributed by atoms with Crippen molar-refractivity contribution in [2.75, 3.05) is 25.6 Å². The number of aliphatic hydroxyl groups is 1. The minimum absolute atomic E-state index is 0.0477. The second kappa shape index (κ2) is 6.98. The lowest BCUT2D eigenvalue weighted by molar-refractivity contribution is 0.0691. The van der Waals surface area contributed by atoms with Crippen LogP contribution in [0, 0.1) is 5.82 Å². The molecule has 0 heterocycles. The number of rotatable bonds is 7. The van der Waals surface area contributed by atoms with E-state index in [-0.39, 0.29) is 24.8 Å². The molecule has 20 heavy (non-hydrogen) atoms. The van der Waals surface area contributed by atoms with Crippen molar-refractivity contribution in [2.24, 2.45) is 0 Å². The van der Waals surface area contributed by atoms with Crippen molar-refractivity contribution >= 4 is 27.4 Å². The molecule has 0 spiro atoms. The molecule has 0 aliphatic heterocycles. The fourth-order valence-electron chi connectivity index (χ4n) is 1.39. The molecule has 0 bridgehead atoms. The highest BCUT2D eigenvalue weighted by Gasteiger charge is 2.25. The van der Waals surface area contributed by atoms with Crippen LogP contribution in [-0.2, 0) is 14.6 Å². The summed E-state index contributed by atoms with van der Waals surface area (Å²) in [6.45, 7) is -0.570. The van der Waals surface area contributed by atoms with Gasteiger partial charge in [0.05, 0.1) is 31.1 Å². The van der Waals surface area contributed by atoms with Crippen molar-refractivity contribution in [1.29, 1.82) is 0 Å². The van der Waals surface area contributed by atoms with Gasteiger partial charge in [0.25, 0.3) is 0 Å². The number of halogens is 2. The molecule has 0 radical (unpaired) electrons. The van der Waals surface area contributed by atoms with Crippen LogP contribution in [0.3, 0.4) is 0 Å². The molecule has 0 atom stereocenters. The van der Waals surface area contributed by atoms with Crippen LogP contribution >= 0.6 is 11.6 Å². The summed E-state index contributed by atoms with van der Waals surface area (Å²) < 4.78 is 42.5. The zero-order chi connectivity index (χ0) is 15.3. The van der Waals surface area contributed by atoms with Gasteiger partial charge in [-0.1, -0.05) is 11.6 Å². The van der Waals surface area contributed by atoms with Gasteiger partial charge in [0, 0.05) is 5.02 Å². The molecule has 1 aromatic carbocycles. The van der Waals surface area contributed by atoms with Crippen LogP contribution in [0.25, 0.3) is 0 Å². The van der Waals surface area contributed by atoms with E-state index in [0.29, 0.717) is 0 Å². The number of aliphatic hydroxyl groups excluding tert-OH is 1. The predicted octanol–water partition coefficient (Wildman–Crippen LogP) is 0.960. The van der Waals surface area contributed by atoms with Crippen LogP contribution in [0.15, 0.2) is 17.0 Å². The molecule has 0 aromatic heterocycles. The van der Waals surface area contributed by atoms with Gasteiger partial charge in [-0.2, -0.15) is 0 Å². The van der Waals surface area contributed by atoms with Crippen LogP contribution in [0.4, 0.5) is 4.39 Å². The number of carboxylic acid groups (broad SMARTS) is 1. The Labute approximate surface area is 119 Å². The third kappa shape index (κ3) is 4.14. The maximum atomic E-state index is 13.9. The number of sulfone groups is 1. The normalized spacial score (nSPS) is 11.6. The highest BCUT2D eigenvalue weighted by atomic mass is 35.5. The van der Waals surface area contributed by atoms with Crippen molar-refractivity contribution in [3.8, 4) is 0 Å². The van der Waals surface area contributed by atoms with Crippen LogP contribution in [0.1, 0.15) is 10.4 Å². The number of ether oxygens (including phenoxy) is 1. The summed E-state index contributed by atoms with van der Waals surface area (Å²) in [4.78, 5) is 10.0. The van der Waals surface area contributed by atoms with Crippen molar-refractivity contribution in [1.82, 2.24) is 0 Å². The van der Waals surface area contributed by atoms with Gasteiger partial charge in [-0.3, -0.25) is 0 Å². The number of carbonyl (C=O) groups is 1. The Morgan fingerprint density at radius 1 is 1.35 bits per heavy atom. The molecule has 0 fully saturated rings. The standard InChI is InChI=1S/C11H12ClFO6S/c12-7-5-8(11(15)16)10(13)9(6-7)20(17,18)4-3-19-2-1-14/h5-6,14H,1-4H2,(H,15,16). The van der Waals surface area contributed by atoms with Gasteiger partial charge in [0.1, 0.15) is 4.90 Å². The topological polar surface area (TPSA) is 101 Å². The van der Waals surface area contributed by atoms with Crippen molar-refractivity contribution < 1.29 is 32.6 Å². The molecule has 1 rings (SSSR count). The Kier molecular flexibility index (Phi) is 5.88. The summed E-state index contributed by atoms with van der Waals surface area (Å²) in [5, 5.41) is 17.1. The zero-order valence-electron chi connectivity index (χ0n) is 10.2. The lowest BCUT2D eigenvalue weighted by atomic mass is 10.2. The zero-order valence-corrected chi connectivity index (χ0v) is 11.7. The van der Waals surface area contributed by atoms with Gasteiger partial charge >= 0.3 is 5.97 Å². The Bertz CT molecular complexity index is 601. The van der Waals surface area contributed by atoms with Gasteiger partial charge in [0.15, 0.2) is 15.7 Å². The first-order valence-corrected chi connectivity index (χ1v) is 7.46. The fourth-order valence-corrected chi connectivity index (χ4v) is 2.92. The molecular formula is C11H12ClFO6S. The molecule has 0 aliphatic carbocycles. The number of hydrogen-bond acceptors (Lipinski definition) is 5. The quantitative estimate of drug-likeness (QED) is 0.724. The van der Waals surface area contributed by atoms with Gasteiger partial charge < -0.3 is 14.9 Å². The van der Waals surface area contributed by atoms with Gasteiger partial charge in [-0.15, -0.1) is 0 Å². The van der Waals surface area contributed by atoms with Crippen molar-refractivity contribution in [3.63, 3.8) is 0 Å². The maximum Gasteiger partial charge on any atom is 0.338 e. The number of hydrogen-bond donors (Lipinski definition) is 2. The van der Waals surface area contributed by atoms with Crippen molar-refractivity contribution in [2.45, 2.75) is 4.90 Å². The minimum atomic E-state index is -4.08. The highest BCUT2D eigenvalue weighted by Crippen LogP contribution is 2.24. The van der Waals surface area contributed by atoms with Crippen LogP contribution < -0.4 is 0 Å². The predicted molar refractivity (Wildman–Crippen MR) is 68.3 cm³/mol. The molecule has 112 valence electrons. The Morgan fingerprint density at radius 3 is 2.55 bits per heavy atom. The van der Waals surface area contributed by atoms with E-state index in [1.807, 2.05) is 0 Å². The molecule has 0 saturated heterocycles. The van der Waals surface area contributed by atoms with E-state index >= 15 is 0 Å². The Balaban J connectivity index is 3.09. The average Bonchev–Trinajstić information content (AvgIpc) is 2.36. The van der Waals surface area contributed by atoms with Crippen molar-refractivity contribution in [3.05, 3.63) is 28.5 Å². The molecule has 6 nitrogen and oxygen atoms in total. The lowest BCUT2D eigenvalue weighted by Crippen LogP contribution is -2.16. The lowest BCUT2D eigenvalue weighted by Gasteiger charge is -2.08. The van der Waals surface area contributed by atoms with Gasteiger partial charge in [0.2, 0.25) is 0 Å². The molecule has 2 N–H and O–H groups in total. The van der Waals surface area contributed by atoms with Crippen LogP contribution in [0.2, 0.25) is 5.02 Å². The second-order valence-electron chi connectivity index (χ2n) is 3.73. The Hall–Kier alpha value is -1.22. The average molecular weight is 327 g/mol. The molecule has 0 aliphatic rings. The first-order chi connectivity index (χ1) is 9.29. The SMILES string of the molecule is O=C(O)c1cc(Cl)cc(S(=O)(=O)CCOCCO)c1F. The molecular weight excluding hydrogens is 315 g/mol. The fraction of sp³-hybridized carbons (Fsp3) is 0.364. The summed E-state index contributed by atoms with van der Waals surface area (Å²) in [5.74, 6) is -3.52. The number of aromatic carboxylic acids is 1. The van der Waals surface area contributed by atoms with Crippen LogP contribution in [0.5, 0.6) is 0 Å². The van der Waals surface area contributed by atoms with Gasteiger partial charge in [-0.25, -0.2) is 17.6 Å². The number of carboxylic acids is 1. The summed E-state index contributed by atoms with van der Waals surface area (Å²) in [7, 11) is -4.08. The highest BCUT2D eigenvalue weighted by molar-refractivity contribution is 7.91.